The van der Waals surface area contributed by atoms with Crippen molar-refractivity contribution in [2.75, 3.05) is 4.90 Å². The van der Waals surface area contributed by atoms with Crippen LogP contribution in [0.2, 0.25) is 0 Å². The molecule has 1 aliphatic rings. The fourth-order valence-corrected chi connectivity index (χ4v) is 9.29. The molecule has 2 nitrogen and oxygen atoms in total. The predicted octanol–water partition coefficient (Wildman–Crippen LogP) is 15.5. The van der Waals surface area contributed by atoms with E-state index in [1.54, 1.807) is 0 Å². The molecule has 0 spiro atoms. The van der Waals surface area contributed by atoms with Crippen molar-refractivity contribution in [3.8, 4) is 44.5 Å². The third-order valence-corrected chi connectivity index (χ3v) is 12.1. The number of anilines is 3. The van der Waals surface area contributed by atoms with Crippen LogP contribution in [-0.4, -0.2) is 0 Å². The first-order chi connectivity index (χ1) is 28.0. The van der Waals surface area contributed by atoms with Crippen LogP contribution in [0, 0.1) is 0 Å². The molecule has 9 aromatic carbocycles. The maximum Gasteiger partial charge on any atom is 0.135 e. The van der Waals surface area contributed by atoms with Gasteiger partial charge in [0.25, 0.3) is 0 Å². The number of nitrogens with zero attached hydrogens (tertiary/aromatic N) is 1. The molecular weight excluding hydrogens is 691 g/mol. The summed E-state index contributed by atoms with van der Waals surface area (Å²) in [5.74, 6) is 0. The zero-order chi connectivity index (χ0) is 38.1. The van der Waals surface area contributed by atoms with Crippen LogP contribution in [-0.2, 0) is 5.41 Å². The molecule has 1 aromatic heterocycles. The van der Waals surface area contributed by atoms with Gasteiger partial charge in [-0.1, -0.05) is 166 Å². The van der Waals surface area contributed by atoms with Gasteiger partial charge in [0.2, 0.25) is 0 Å². The molecule has 0 radical (unpaired) electrons. The number of hydrogen-bond acceptors (Lipinski definition) is 2. The lowest BCUT2D eigenvalue weighted by Gasteiger charge is -2.28. The largest absolute Gasteiger partial charge is 0.456 e. The molecule has 1 heterocycles. The normalized spacial score (nSPS) is 12.9. The van der Waals surface area contributed by atoms with Crippen LogP contribution in [0.25, 0.3) is 77.2 Å². The van der Waals surface area contributed by atoms with Crippen LogP contribution in [0.5, 0.6) is 0 Å². The molecule has 0 atom stereocenters. The Morgan fingerprint density at radius 1 is 0.386 bits per heavy atom. The van der Waals surface area contributed by atoms with Gasteiger partial charge in [-0.3, -0.25) is 0 Å². The zero-order valence-corrected chi connectivity index (χ0v) is 31.9. The number of fused-ring (bicyclic) bond motifs is 7. The van der Waals surface area contributed by atoms with E-state index >= 15 is 0 Å². The summed E-state index contributed by atoms with van der Waals surface area (Å²) in [6.45, 7) is 4.69. The Morgan fingerprint density at radius 3 is 1.74 bits per heavy atom. The van der Waals surface area contributed by atoms with Crippen LogP contribution in [0.15, 0.2) is 205 Å². The van der Waals surface area contributed by atoms with Crippen molar-refractivity contribution in [2.45, 2.75) is 19.3 Å². The molecule has 11 rings (SSSR count). The Kier molecular flexibility index (Phi) is 7.55. The monoisotopic (exact) mass is 729 g/mol. The Morgan fingerprint density at radius 2 is 0.930 bits per heavy atom. The molecule has 0 fully saturated rings. The summed E-state index contributed by atoms with van der Waals surface area (Å²) in [4.78, 5) is 2.40. The molecule has 2 heteroatoms. The third-order valence-electron chi connectivity index (χ3n) is 12.1. The molecule has 10 aromatic rings. The molecule has 0 saturated heterocycles. The van der Waals surface area contributed by atoms with Crippen LogP contribution >= 0.6 is 0 Å². The minimum Gasteiger partial charge on any atom is -0.456 e. The van der Waals surface area contributed by atoms with E-state index in [2.05, 4.69) is 207 Å². The minimum absolute atomic E-state index is 0.0493. The molecule has 0 amide bonds. The van der Waals surface area contributed by atoms with E-state index in [0.29, 0.717) is 0 Å². The van der Waals surface area contributed by atoms with Gasteiger partial charge in [0, 0.05) is 33.1 Å². The average molecular weight is 730 g/mol. The first kappa shape index (κ1) is 33.2. The fraction of sp³-hybridized carbons (Fsp3) is 0.0545. The molecule has 270 valence electrons. The Balaban J connectivity index is 1.06. The second kappa shape index (κ2) is 13.0. The summed E-state index contributed by atoms with van der Waals surface area (Å²) >= 11 is 0. The molecular formula is C55H39NO. The van der Waals surface area contributed by atoms with E-state index < -0.39 is 0 Å². The van der Waals surface area contributed by atoms with Gasteiger partial charge in [0.1, 0.15) is 11.2 Å². The first-order valence-corrected chi connectivity index (χ1v) is 19.8. The molecule has 0 bridgehead atoms. The van der Waals surface area contributed by atoms with Gasteiger partial charge in [0.15, 0.2) is 0 Å². The van der Waals surface area contributed by atoms with E-state index in [0.717, 1.165) is 50.1 Å². The molecule has 0 saturated carbocycles. The van der Waals surface area contributed by atoms with Crippen LogP contribution in [0.3, 0.4) is 0 Å². The van der Waals surface area contributed by atoms with E-state index in [4.69, 9.17) is 4.42 Å². The smallest absolute Gasteiger partial charge is 0.135 e. The second-order valence-electron chi connectivity index (χ2n) is 15.7. The van der Waals surface area contributed by atoms with Crippen molar-refractivity contribution < 1.29 is 4.42 Å². The minimum atomic E-state index is -0.0493. The number of furan rings is 1. The third kappa shape index (κ3) is 5.33. The Labute approximate surface area is 332 Å². The highest BCUT2D eigenvalue weighted by molar-refractivity contribution is 6.07. The summed E-state index contributed by atoms with van der Waals surface area (Å²) in [5, 5.41) is 4.74. The standard InChI is InChI=1S/C55H39NO/c1-55(2)49-21-8-5-18-47(49)54-45(20-12-22-50(54)55)38-27-32-41(33-28-38)56(40-30-25-37(26-31-40)43-19-11-14-36-13-3-4-15-42(36)43)51-23-9-6-16-44(51)39-29-34-53-48(35-39)46-17-7-10-24-52(46)57-53/h3-35H,1-2H3. The summed E-state index contributed by atoms with van der Waals surface area (Å²) in [5.41, 5.74) is 17.7. The van der Waals surface area contributed by atoms with E-state index in [-0.39, 0.29) is 5.41 Å². The summed E-state index contributed by atoms with van der Waals surface area (Å²) < 4.78 is 6.23. The van der Waals surface area contributed by atoms with Gasteiger partial charge < -0.3 is 9.32 Å². The molecule has 0 aliphatic heterocycles. The summed E-state index contributed by atoms with van der Waals surface area (Å²) in [6, 6.07) is 72.7. The lowest BCUT2D eigenvalue weighted by atomic mass is 9.82. The quantitative estimate of drug-likeness (QED) is 0.169. The number of rotatable bonds is 6. The van der Waals surface area contributed by atoms with Gasteiger partial charge in [-0.15, -0.1) is 0 Å². The van der Waals surface area contributed by atoms with Crippen molar-refractivity contribution in [1.29, 1.82) is 0 Å². The van der Waals surface area contributed by atoms with Crippen molar-refractivity contribution in [2.24, 2.45) is 0 Å². The van der Waals surface area contributed by atoms with Gasteiger partial charge in [0.05, 0.1) is 5.69 Å². The van der Waals surface area contributed by atoms with Gasteiger partial charge in [-0.2, -0.15) is 0 Å². The molecule has 57 heavy (non-hydrogen) atoms. The topological polar surface area (TPSA) is 16.4 Å². The Bertz CT molecular complexity index is 3140. The highest BCUT2D eigenvalue weighted by atomic mass is 16.3. The van der Waals surface area contributed by atoms with Gasteiger partial charge in [-0.25, -0.2) is 0 Å². The fourth-order valence-electron chi connectivity index (χ4n) is 9.29. The summed E-state index contributed by atoms with van der Waals surface area (Å²) in [6.07, 6.45) is 0. The van der Waals surface area contributed by atoms with Gasteiger partial charge >= 0.3 is 0 Å². The number of hydrogen-bond donors (Lipinski definition) is 0. The van der Waals surface area contributed by atoms with Crippen LogP contribution < -0.4 is 4.90 Å². The van der Waals surface area contributed by atoms with Crippen molar-refractivity contribution >= 4 is 49.8 Å². The van der Waals surface area contributed by atoms with Gasteiger partial charge in [-0.05, 0) is 109 Å². The van der Waals surface area contributed by atoms with Crippen molar-refractivity contribution in [3.05, 3.63) is 211 Å². The van der Waals surface area contributed by atoms with E-state index in [1.165, 1.54) is 55.3 Å². The lowest BCUT2D eigenvalue weighted by molar-refractivity contribution is 0.660. The molecule has 0 unspecified atom stereocenters. The summed E-state index contributed by atoms with van der Waals surface area (Å²) in [7, 11) is 0. The number of para-hydroxylation sites is 2. The second-order valence-corrected chi connectivity index (χ2v) is 15.7. The lowest BCUT2D eigenvalue weighted by Crippen LogP contribution is -2.14. The Hall–Kier alpha value is -7.16. The number of benzene rings is 9. The highest BCUT2D eigenvalue weighted by Gasteiger charge is 2.36. The zero-order valence-electron chi connectivity index (χ0n) is 31.9. The average Bonchev–Trinajstić information content (AvgIpc) is 3.76. The molecule has 1 aliphatic carbocycles. The molecule has 0 N–H and O–H groups in total. The SMILES string of the molecule is CC1(C)c2ccccc2-c2c(-c3ccc(N(c4ccc(-c5cccc6ccccc56)cc4)c4ccccc4-c4ccc5oc6ccccc6c5c4)cc3)cccc21. The van der Waals surface area contributed by atoms with Crippen molar-refractivity contribution in [1.82, 2.24) is 0 Å². The maximum atomic E-state index is 6.23. The predicted molar refractivity (Wildman–Crippen MR) is 240 cm³/mol. The van der Waals surface area contributed by atoms with E-state index in [9.17, 15) is 0 Å². The van der Waals surface area contributed by atoms with Crippen LogP contribution in [0.1, 0.15) is 25.0 Å². The first-order valence-electron chi connectivity index (χ1n) is 19.8. The van der Waals surface area contributed by atoms with Crippen LogP contribution in [0.4, 0.5) is 17.1 Å². The maximum absolute atomic E-state index is 6.23. The van der Waals surface area contributed by atoms with E-state index in [1.807, 2.05) is 12.1 Å². The highest BCUT2D eigenvalue weighted by Crippen LogP contribution is 2.52. The van der Waals surface area contributed by atoms with Crippen molar-refractivity contribution in [3.63, 3.8) is 0 Å².